The van der Waals surface area contributed by atoms with Gasteiger partial charge >= 0.3 is 5.97 Å². The number of carbonyl (C=O) groups is 1. The fourth-order valence-electron chi connectivity index (χ4n) is 1.34. The van der Waals surface area contributed by atoms with Crippen LogP contribution in [0.25, 0.3) is 6.08 Å². The summed E-state index contributed by atoms with van der Waals surface area (Å²) in [7, 11) is 0. The Labute approximate surface area is 114 Å². The van der Waals surface area contributed by atoms with Gasteiger partial charge in [0, 0.05) is 23.4 Å². The zero-order valence-electron chi connectivity index (χ0n) is 9.79. The molecule has 4 nitrogen and oxygen atoms in total. The summed E-state index contributed by atoms with van der Waals surface area (Å²) in [4.78, 5) is 14.4. The first-order chi connectivity index (χ1) is 9.13. The lowest BCUT2D eigenvalue weighted by Gasteiger charge is -2.04. The third-order valence-corrected chi connectivity index (χ3v) is 2.47. The number of benzene rings is 1. The number of hydrogen-bond donors (Lipinski definition) is 1. The normalized spacial score (nSPS) is 10.6. The molecular formula is C14H10ClNO3. The Hall–Kier alpha value is -2.33. The number of nitrogens with zero attached hydrogens (tertiary/aromatic N) is 1. The Morgan fingerprint density at radius 1 is 1.21 bits per heavy atom. The molecule has 1 N–H and O–H groups in total. The molecule has 0 radical (unpaired) electrons. The predicted molar refractivity (Wildman–Crippen MR) is 72.4 cm³/mol. The van der Waals surface area contributed by atoms with E-state index in [9.17, 15) is 4.79 Å². The molecular weight excluding hydrogens is 266 g/mol. The largest absolute Gasteiger partial charge is 0.478 e. The van der Waals surface area contributed by atoms with Crippen molar-refractivity contribution >= 4 is 23.6 Å². The maximum absolute atomic E-state index is 10.4. The molecule has 0 spiro atoms. The van der Waals surface area contributed by atoms with Gasteiger partial charge in [0.05, 0.1) is 0 Å². The van der Waals surface area contributed by atoms with Gasteiger partial charge < -0.3 is 9.84 Å². The van der Waals surface area contributed by atoms with Crippen LogP contribution in [0.4, 0.5) is 0 Å². The van der Waals surface area contributed by atoms with E-state index in [4.69, 9.17) is 21.4 Å². The second-order valence-electron chi connectivity index (χ2n) is 3.66. The van der Waals surface area contributed by atoms with Crippen molar-refractivity contribution in [1.82, 2.24) is 4.98 Å². The summed E-state index contributed by atoms with van der Waals surface area (Å²) >= 11 is 5.77. The number of aromatic nitrogens is 1. The zero-order chi connectivity index (χ0) is 13.7. The monoisotopic (exact) mass is 275 g/mol. The molecule has 0 unspecified atom stereocenters. The Morgan fingerprint density at radius 3 is 2.53 bits per heavy atom. The molecule has 0 bridgehead atoms. The van der Waals surface area contributed by atoms with Gasteiger partial charge in [-0.15, -0.1) is 0 Å². The topological polar surface area (TPSA) is 59.4 Å². The van der Waals surface area contributed by atoms with Crippen LogP contribution in [0.1, 0.15) is 5.56 Å². The minimum atomic E-state index is -0.999. The van der Waals surface area contributed by atoms with Crippen LogP contribution >= 0.6 is 11.6 Å². The summed E-state index contributed by atoms with van der Waals surface area (Å²) in [5, 5.41) is 9.14. The lowest BCUT2D eigenvalue weighted by molar-refractivity contribution is -0.131. The molecule has 0 atom stereocenters. The van der Waals surface area contributed by atoms with Crippen LogP contribution in [-0.4, -0.2) is 16.1 Å². The van der Waals surface area contributed by atoms with Gasteiger partial charge in [-0.2, -0.15) is 0 Å². The van der Waals surface area contributed by atoms with E-state index >= 15 is 0 Å². The van der Waals surface area contributed by atoms with E-state index in [-0.39, 0.29) is 0 Å². The number of rotatable bonds is 4. The highest BCUT2D eigenvalue weighted by atomic mass is 35.5. The number of aliphatic carboxylic acids is 1. The maximum Gasteiger partial charge on any atom is 0.328 e. The van der Waals surface area contributed by atoms with Gasteiger partial charge in [-0.25, -0.2) is 9.78 Å². The van der Waals surface area contributed by atoms with E-state index in [2.05, 4.69) is 4.98 Å². The highest BCUT2D eigenvalue weighted by molar-refractivity contribution is 6.30. The minimum absolute atomic E-state index is 0.426. The Kier molecular flexibility index (Phi) is 4.15. The number of carboxylic acid groups (broad SMARTS) is 1. The summed E-state index contributed by atoms with van der Waals surface area (Å²) in [6.45, 7) is 0. The molecule has 1 aromatic carbocycles. The first-order valence-electron chi connectivity index (χ1n) is 5.44. The summed E-state index contributed by atoms with van der Waals surface area (Å²) in [5.41, 5.74) is 0.686. The SMILES string of the molecule is O=C(O)/C=C/c1ccc(Oc2ccc(Cl)cc2)nc1. The van der Waals surface area contributed by atoms with Crippen LogP contribution in [0, 0.1) is 0 Å². The molecule has 2 rings (SSSR count). The molecule has 0 aliphatic carbocycles. The van der Waals surface area contributed by atoms with Crippen molar-refractivity contribution in [2.24, 2.45) is 0 Å². The van der Waals surface area contributed by atoms with E-state index in [0.717, 1.165) is 6.08 Å². The van der Waals surface area contributed by atoms with Crippen molar-refractivity contribution in [3.8, 4) is 11.6 Å². The molecule has 0 saturated heterocycles. The summed E-state index contributed by atoms with van der Waals surface area (Å²) < 4.78 is 5.50. The predicted octanol–water partition coefficient (Wildman–Crippen LogP) is 3.63. The average molecular weight is 276 g/mol. The molecule has 96 valence electrons. The first kappa shape index (κ1) is 13.1. The van der Waals surface area contributed by atoms with Crippen molar-refractivity contribution in [1.29, 1.82) is 0 Å². The molecule has 0 amide bonds. The summed E-state index contributed by atoms with van der Waals surface area (Å²) in [6, 6.07) is 10.3. The van der Waals surface area contributed by atoms with Crippen LogP contribution in [0.3, 0.4) is 0 Å². The van der Waals surface area contributed by atoms with Crippen LogP contribution < -0.4 is 4.74 Å². The lowest BCUT2D eigenvalue weighted by atomic mass is 10.2. The van der Waals surface area contributed by atoms with Gasteiger partial charge in [0.1, 0.15) is 5.75 Å². The quantitative estimate of drug-likeness (QED) is 0.866. The first-order valence-corrected chi connectivity index (χ1v) is 5.82. The van der Waals surface area contributed by atoms with Crippen LogP contribution in [0.5, 0.6) is 11.6 Å². The third-order valence-electron chi connectivity index (χ3n) is 2.21. The summed E-state index contributed by atoms with van der Waals surface area (Å²) in [5.74, 6) is 0.0574. The second-order valence-corrected chi connectivity index (χ2v) is 4.09. The highest BCUT2D eigenvalue weighted by Gasteiger charge is 1.98. The number of halogens is 1. The molecule has 0 aliphatic heterocycles. The van der Waals surface area contributed by atoms with Crippen molar-refractivity contribution < 1.29 is 14.6 Å². The van der Waals surface area contributed by atoms with Crippen molar-refractivity contribution in [2.75, 3.05) is 0 Å². The van der Waals surface area contributed by atoms with Crippen LogP contribution in [-0.2, 0) is 4.79 Å². The smallest absolute Gasteiger partial charge is 0.328 e. The lowest BCUT2D eigenvalue weighted by Crippen LogP contribution is -1.89. The van der Waals surface area contributed by atoms with Crippen LogP contribution in [0.15, 0.2) is 48.7 Å². The molecule has 0 fully saturated rings. The van der Waals surface area contributed by atoms with E-state index in [1.165, 1.54) is 12.3 Å². The molecule has 5 heteroatoms. The fraction of sp³-hybridized carbons (Fsp3) is 0. The molecule has 0 saturated carbocycles. The Bertz CT molecular complexity index is 591. The number of ether oxygens (including phenoxy) is 1. The number of hydrogen-bond acceptors (Lipinski definition) is 3. The highest BCUT2D eigenvalue weighted by Crippen LogP contribution is 2.21. The average Bonchev–Trinajstić information content (AvgIpc) is 2.40. The number of carboxylic acids is 1. The van der Waals surface area contributed by atoms with Crippen molar-refractivity contribution in [2.45, 2.75) is 0 Å². The zero-order valence-corrected chi connectivity index (χ0v) is 10.5. The molecule has 2 aromatic rings. The maximum atomic E-state index is 10.4. The van der Waals surface area contributed by atoms with Crippen LogP contribution in [0.2, 0.25) is 5.02 Å². The van der Waals surface area contributed by atoms with E-state index in [1.54, 1.807) is 36.4 Å². The van der Waals surface area contributed by atoms with Gasteiger partial charge in [-0.05, 0) is 42.0 Å². The fourth-order valence-corrected chi connectivity index (χ4v) is 1.47. The van der Waals surface area contributed by atoms with E-state index in [0.29, 0.717) is 22.2 Å². The van der Waals surface area contributed by atoms with Gasteiger partial charge in [0.25, 0.3) is 0 Å². The van der Waals surface area contributed by atoms with Gasteiger partial charge in [0.2, 0.25) is 5.88 Å². The van der Waals surface area contributed by atoms with E-state index < -0.39 is 5.97 Å². The Morgan fingerprint density at radius 2 is 1.95 bits per heavy atom. The van der Waals surface area contributed by atoms with E-state index in [1.807, 2.05) is 0 Å². The van der Waals surface area contributed by atoms with Gasteiger partial charge in [-0.3, -0.25) is 0 Å². The number of pyridine rings is 1. The third kappa shape index (κ3) is 4.12. The van der Waals surface area contributed by atoms with Crippen molar-refractivity contribution in [3.05, 3.63) is 59.3 Å². The standard InChI is InChI=1S/C14H10ClNO3/c15-11-3-5-12(6-4-11)19-13-7-1-10(9-16-13)2-8-14(17)18/h1-9H,(H,17,18)/b8-2+. The van der Waals surface area contributed by atoms with Crippen molar-refractivity contribution in [3.63, 3.8) is 0 Å². The van der Waals surface area contributed by atoms with Gasteiger partial charge in [-0.1, -0.05) is 11.6 Å². The second kappa shape index (κ2) is 6.02. The van der Waals surface area contributed by atoms with Gasteiger partial charge in [0.15, 0.2) is 0 Å². The molecule has 19 heavy (non-hydrogen) atoms. The molecule has 1 heterocycles. The molecule has 0 aliphatic rings. The molecule has 1 aromatic heterocycles. The Balaban J connectivity index is 2.06. The summed E-state index contributed by atoms with van der Waals surface area (Å²) in [6.07, 6.45) is 4.04. The minimum Gasteiger partial charge on any atom is -0.478 e.